The summed E-state index contributed by atoms with van der Waals surface area (Å²) in [6, 6.07) is 0. The lowest BCUT2D eigenvalue weighted by molar-refractivity contribution is 0.938. The fraction of sp³-hybridized carbons (Fsp3) is 0.0909. The van der Waals surface area contributed by atoms with Gasteiger partial charge in [0, 0.05) is 21.4 Å². The molecule has 0 unspecified atom stereocenters. The first-order valence-corrected chi connectivity index (χ1v) is 5.18. The van der Waals surface area contributed by atoms with Gasteiger partial charge in [-0.2, -0.15) is 0 Å². The monoisotopic (exact) mass is 250 g/mol. The van der Waals surface area contributed by atoms with E-state index >= 15 is 0 Å². The van der Waals surface area contributed by atoms with Crippen LogP contribution in [0.1, 0.15) is 6.92 Å². The average Bonchev–Trinajstić information content (AvgIpc) is 2.31. The summed E-state index contributed by atoms with van der Waals surface area (Å²) >= 11 is 3.51. The molecule has 72 valence electrons. The molecule has 0 aromatic rings. The highest BCUT2D eigenvalue weighted by molar-refractivity contribution is 9.12. The molecule has 2 nitrogen and oxygen atoms in total. The fourth-order valence-electron chi connectivity index (χ4n) is 1.39. The van der Waals surface area contributed by atoms with Crippen molar-refractivity contribution in [1.82, 2.24) is 5.32 Å². The molecule has 1 aliphatic heterocycles. The second-order valence-corrected chi connectivity index (χ2v) is 4.10. The van der Waals surface area contributed by atoms with Crippen molar-refractivity contribution in [3.05, 3.63) is 57.5 Å². The van der Waals surface area contributed by atoms with E-state index in [-0.39, 0.29) is 0 Å². The van der Waals surface area contributed by atoms with Crippen molar-refractivity contribution in [2.24, 2.45) is 5.73 Å². The Bertz CT molecular complexity index is 423. The number of allylic oxidation sites excluding steroid dienone is 7. The van der Waals surface area contributed by atoms with Gasteiger partial charge in [-0.1, -0.05) is 28.1 Å². The molecule has 3 heteroatoms. The van der Waals surface area contributed by atoms with Gasteiger partial charge in [0.1, 0.15) is 0 Å². The lowest BCUT2D eigenvalue weighted by Crippen LogP contribution is -2.21. The van der Waals surface area contributed by atoms with Gasteiger partial charge in [0.2, 0.25) is 0 Å². The van der Waals surface area contributed by atoms with Crippen molar-refractivity contribution in [2.45, 2.75) is 6.92 Å². The summed E-state index contributed by atoms with van der Waals surface area (Å²) in [6.07, 6.45) is 10.0. The van der Waals surface area contributed by atoms with E-state index in [0.717, 1.165) is 27.1 Å². The minimum absolute atomic E-state index is 0.782. The smallest absolute Gasteiger partial charge is 0.0514 e. The van der Waals surface area contributed by atoms with Crippen LogP contribution in [0.2, 0.25) is 0 Å². The Morgan fingerprint density at radius 3 is 2.79 bits per heavy atom. The maximum atomic E-state index is 5.84. The maximum Gasteiger partial charge on any atom is 0.0514 e. The van der Waals surface area contributed by atoms with Crippen LogP contribution in [0.5, 0.6) is 0 Å². The zero-order valence-corrected chi connectivity index (χ0v) is 9.43. The third-order valence-electron chi connectivity index (χ3n) is 2.22. The molecule has 0 radical (unpaired) electrons. The van der Waals surface area contributed by atoms with E-state index in [4.69, 9.17) is 5.73 Å². The molecule has 0 saturated carbocycles. The summed E-state index contributed by atoms with van der Waals surface area (Å²) in [7, 11) is 0. The van der Waals surface area contributed by atoms with Gasteiger partial charge in [-0.15, -0.1) is 0 Å². The van der Waals surface area contributed by atoms with E-state index in [9.17, 15) is 0 Å². The minimum Gasteiger partial charge on any atom is -0.397 e. The largest absolute Gasteiger partial charge is 0.397 e. The highest BCUT2D eigenvalue weighted by Crippen LogP contribution is 2.29. The zero-order chi connectivity index (χ0) is 10.1. The molecular weight excluding hydrogens is 240 g/mol. The van der Waals surface area contributed by atoms with Crippen LogP contribution in [0.4, 0.5) is 0 Å². The topological polar surface area (TPSA) is 38.0 Å². The first kappa shape index (κ1) is 9.34. The predicted octanol–water partition coefficient (Wildman–Crippen LogP) is 2.44. The third kappa shape index (κ3) is 1.55. The van der Waals surface area contributed by atoms with Gasteiger partial charge in [0.15, 0.2) is 0 Å². The molecule has 0 aromatic heterocycles. The molecule has 14 heavy (non-hydrogen) atoms. The number of halogens is 1. The van der Waals surface area contributed by atoms with Crippen LogP contribution in [-0.4, -0.2) is 0 Å². The van der Waals surface area contributed by atoms with Crippen molar-refractivity contribution in [2.75, 3.05) is 0 Å². The van der Waals surface area contributed by atoms with Crippen LogP contribution < -0.4 is 11.1 Å². The third-order valence-corrected chi connectivity index (χ3v) is 2.91. The average molecular weight is 251 g/mol. The quantitative estimate of drug-likeness (QED) is 0.694. The number of hydrogen-bond donors (Lipinski definition) is 2. The Labute approximate surface area is 91.7 Å². The lowest BCUT2D eigenvalue weighted by atomic mass is 10.1. The SMILES string of the molecule is CC1=C(N)C=C2C(Br)=CC=CC=C2N1. The van der Waals surface area contributed by atoms with Crippen molar-refractivity contribution >= 4 is 15.9 Å². The summed E-state index contributed by atoms with van der Waals surface area (Å²) in [5.74, 6) is 0. The Morgan fingerprint density at radius 1 is 1.29 bits per heavy atom. The number of hydrogen-bond acceptors (Lipinski definition) is 2. The van der Waals surface area contributed by atoms with E-state index in [1.807, 2.05) is 37.3 Å². The zero-order valence-electron chi connectivity index (χ0n) is 7.84. The molecule has 1 aliphatic carbocycles. The van der Waals surface area contributed by atoms with Gasteiger partial charge in [0.05, 0.1) is 5.70 Å². The highest BCUT2D eigenvalue weighted by atomic mass is 79.9. The minimum atomic E-state index is 0.782. The first-order chi connectivity index (χ1) is 6.68. The van der Waals surface area contributed by atoms with Gasteiger partial charge in [-0.3, -0.25) is 0 Å². The second-order valence-electron chi connectivity index (χ2n) is 3.24. The number of nitrogens with one attached hydrogen (secondary N) is 1. The lowest BCUT2D eigenvalue weighted by Gasteiger charge is -2.20. The summed E-state index contributed by atoms with van der Waals surface area (Å²) in [4.78, 5) is 0. The summed E-state index contributed by atoms with van der Waals surface area (Å²) in [6.45, 7) is 1.97. The predicted molar refractivity (Wildman–Crippen MR) is 62.3 cm³/mol. The van der Waals surface area contributed by atoms with Crippen molar-refractivity contribution < 1.29 is 0 Å². The highest BCUT2D eigenvalue weighted by Gasteiger charge is 2.15. The standard InChI is InChI=1S/C11H11BrN2/c1-7-10(13)6-8-9(12)4-2-3-5-11(8)14-7/h2-6,14H,13H2,1H3. The number of nitrogens with two attached hydrogens (primary N) is 1. The molecular formula is C11H11BrN2. The fourth-order valence-corrected chi connectivity index (χ4v) is 1.87. The van der Waals surface area contributed by atoms with Crippen molar-refractivity contribution in [3.8, 4) is 0 Å². The van der Waals surface area contributed by atoms with Crippen LogP contribution in [0.25, 0.3) is 0 Å². The van der Waals surface area contributed by atoms with Gasteiger partial charge in [-0.05, 0) is 25.2 Å². The second kappa shape index (κ2) is 3.50. The van der Waals surface area contributed by atoms with E-state index in [2.05, 4.69) is 21.2 Å². The molecule has 3 N–H and O–H groups in total. The molecule has 0 amide bonds. The van der Waals surface area contributed by atoms with E-state index in [1.54, 1.807) is 0 Å². The van der Waals surface area contributed by atoms with Crippen LogP contribution in [0.3, 0.4) is 0 Å². The number of fused-ring (bicyclic) bond motifs is 1. The molecule has 2 rings (SSSR count). The number of rotatable bonds is 0. The maximum absolute atomic E-state index is 5.84. The van der Waals surface area contributed by atoms with Gasteiger partial charge in [0.25, 0.3) is 0 Å². The summed E-state index contributed by atoms with van der Waals surface area (Å²) < 4.78 is 1.04. The Balaban J connectivity index is 2.53. The van der Waals surface area contributed by atoms with Crippen LogP contribution in [-0.2, 0) is 0 Å². The summed E-state index contributed by atoms with van der Waals surface area (Å²) in [5.41, 5.74) is 9.79. The van der Waals surface area contributed by atoms with Gasteiger partial charge >= 0.3 is 0 Å². The molecule has 0 aromatic carbocycles. The van der Waals surface area contributed by atoms with Crippen molar-refractivity contribution in [1.29, 1.82) is 0 Å². The Morgan fingerprint density at radius 2 is 2.00 bits per heavy atom. The summed E-state index contributed by atoms with van der Waals surface area (Å²) in [5, 5.41) is 3.26. The molecule has 0 bridgehead atoms. The van der Waals surface area contributed by atoms with Gasteiger partial charge in [-0.25, -0.2) is 0 Å². The molecule has 2 aliphatic rings. The Kier molecular flexibility index (Phi) is 2.33. The van der Waals surface area contributed by atoms with Gasteiger partial charge < -0.3 is 11.1 Å². The van der Waals surface area contributed by atoms with E-state index in [0.29, 0.717) is 0 Å². The molecule has 0 spiro atoms. The van der Waals surface area contributed by atoms with E-state index in [1.165, 1.54) is 0 Å². The first-order valence-electron chi connectivity index (χ1n) is 4.38. The molecule has 0 atom stereocenters. The normalized spacial score (nSPS) is 20.3. The van der Waals surface area contributed by atoms with E-state index < -0.39 is 0 Å². The number of dihydropyridines is 1. The van der Waals surface area contributed by atoms with Crippen LogP contribution in [0.15, 0.2) is 57.5 Å². The Hall–Kier alpha value is -1.22. The van der Waals surface area contributed by atoms with Crippen LogP contribution in [0, 0.1) is 0 Å². The van der Waals surface area contributed by atoms with Crippen molar-refractivity contribution in [3.63, 3.8) is 0 Å². The molecule has 0 saturated heterocycles. The van der Waals surface area contributed by atoms with Crippen LogP contribution >= 0.6 is 15.9 Å². The molecule has 1 heterocycles. The molecule has 0 fully saturated rings.